The molecule has 0 aromatic heterocycles. The molecule has 0 radical (unpaired) electrons. The molecule has 0 saturated carbocycles. The lowest BCUT2D eigenvalue weighted by Crippen LogP contribution is -2.09. The van der Waals surface area contributed by atoms with Crippen LogP contribution in [0.5, 0.6) is 0 Å². The predicted octanol–water partition coefficient (Wildman–Crippen LogP) is 5.28. The summed E-state index contributed by atoms with van der Waals surface area (Å²) >= 11 is 0. The Morgan fingerprint density at radius 1 is 1.11 bits per heavy atom. The molecular formula is C18H26O. The zero-order valence-electron chi connectivity index (χ0n) is 12.1. The molecule has 1 nitrogen and oxygen atoms in total. The molecule has 0 bridgehead atoms. The molecule has 0 fully saturated rings. The van der Waals surface area contributed by atoms with Gasteiger partial charge in [-0.1, -0.05) is 75.4 Å². The van der Waals surface area contributed by atoms with E-state index in [4.69, 9.17) is 0 Å². The van der Waals surface area contributed by atoms with Crippen LogP contribution in [0.3, 0.4) is 0 Å². The average Bonchev–Trinajstić information content (AvgIpc) is 2.45. The van der Waals surface area contributed by atoms with Gasteiger partial charge >= 0.3 is 0 Å². The highest BCUT2D eigenvalue weighted by Crippen LogP contribution is 2.20. The molecule has 0 spiro atoms. The molecule has 0 N–H and O–H groups in total. The first-order valence-electron chi connectivity index (χ1n) is 7.49. The molecule has 1 heteroatoms. The van der Waals surface area contributed by atoms with Crippen LogP contribution in [0.25, 0.3) is 0 Å². The van der Waals surface area contributed by atoms with E-state index in [1.165, 1.54) is 32.1 Å². The summed E-state index contributed by atoms with van der Waals surface area (Å²) in [5.74, 6) is 0.175. The smallest absolute Gasteiger partial charge is 0.144 e. The zero-order valence-corrected chi connectivity index (χ0v) is 12.1. The first-order chi connectivity index (χ1) is 9.29. The van der Waals surface area contributed by atoms with Crippen molar-refractivity contribution in [3.8, 4) is 0 Å². The van der Waals surface area contributed by atoms with Crippen LogP contribution < -0.4 is 0 Å². The van der Waals surface area contributed by atoms with Gasteiger partial charge in [0, 0.05) is 6.42 Å². The summed E-state index contributed by atoms with van der Waals surface area (Å²) in [6.07, 6.45) is 9.77. The minimum Gasteiger partial charge on any atom is -0.299 e. The topological polar surface area (TPSA) is 17.1 Å². The van der Waals surface area contributed by atoms with E-state index in [9.17, 15) is 4.79 Å². The third-order valence-electron chi connectivity index (χ3n) is 3.52. The molecule has 19 heavy (non-hydrogen) atoms. The minimum atomic E-state index is -0.128. The minimum absolute atomic E-state index is 0.128. The Morgan fingerprint density at radius 2 is 1.74 bits per heavy atom. The maximum absolute atomic E-state index is 12.2. The van der Waals surface area contributed by atoms with E-state index in [1.807, 2.05) is 30.3 Å². The van der Waals surface area contributed by atoms with Crippen molar-refractivity contribution in [3.05, 3.63) is 48.6 Å². The third-order valence-corrected chi connectivity index (χ3v) is 3.52. The third kappa shape index (κ3) is 5.87. The first kappa shape index (κ1) is 15.7. The number of rotatable bonds is 10. The van der Waals surface area contributed by atoms with Crippen molar-refractivity contribution in [2.24, 2.45) is 0 Å². The number of hydrogen-bond acceptors (Lipinski definition) is 1. The van der Waals surface area contributed by atoms with Crippen LogP contribution in [0.1, 0.15) is 63.4 Å². The van der Waals surface area contributed by atoms with Gasteiger partial charge in [-0.2, -0.15) is 0 Å². The second kappa shape index (κ2) is 9.55. The number of carbonyl (C=O) groups excluding carboxylic acids is 1. The number of ketones is 1. The summed E-state index contributed by atoms with van der Waals surface area (Å²) < 4.78 is 0. The van der Waals surface area contributed by atoms with Crippen molar-refractivity contribution in [2.45, 2.75) is 57.8 Å². The van der Waals surface area contributed by atoms with E-state index in [-0.39, 0.29) is 5.92 Å². The van der Waals surface area contributed by atoms with Crippen LogP contribution in [0, 0.1) is 0 Å². The Hall–Kier alpha value is -1.37. The number of carbonyl (C=O) groups is 1. The van der Waals surface area contributed by atoms with Gasteiger partial charge in [-0.25, -0.2) is 0 Å². The van der Waals surface area contributed by atoms with Gasteiger partial charge in [-0.15, -0.1) is 6.58 Å². The standard InChI is InChI=1S/C18H26O/c1-3-5-6-7-8-12-15-18(19)17(4-2)16-13-10-9-11-14-16/h4,9-11,13-14,17H,2-3,5-8,12,15H2,1H3. The molecule has 1 rings (SSSR count). The molecule has 0 aliphatic rings. The highest BCUT2D eigenvalue weighted by molar-refractivity contribution is 5.87. The van der Waals surface area contributed by atoms with Crippen molar-refractivity contribution in [1.29, 1.82) is 0 Å². The number of benzene rings is 1. The second-order valence-corrected chi connectivity index (χ2v) is 5.11. The van der Waals surface area contributed by atoms with E-state index in [0.29, 0.717) is 12.2 Å². The summed E-state index contributed by atoms with van der Waals surface area (Å²) in [6, 6.07) is 9.94. The zero-order chi connectivity index (χ0) is 13.9. The molecule has 1 unspecified atom stereocenters. The van der Waals surface area contributed by atoms with Gasteiger partial charge in [0.05, 0.1) is 5.92 Å². The highest BCUT2D eigenvalue weighted by Gasteiger charge is 2.15. The van der Waals surface area contributed by atoms with Gasteiger partial charge in [0.15, 0.2) is 0 Å². The van der Waals surface area contributed by atoms with E-state index >= 15 is 0 Å². The van der Waals surface area contributed by atoms with Crippen LogP contribution >= 0.6 is 0 Å². The Morgan fingerprint density at radius 3 is 2.37 bits per heavy atom. The molecule has 1 aromatic carbocycles. The SMILES string of the molecule is C=CC(C(=O)CCCCCCCC)c1ccccc1. The second-order valence-electron chi connectivity index (χ2n) is 5.11. The molecule has 1 aromatic rings. The molecule has 0 aliphatic heterocycles. The number of unbranched alkanes of at least 4 members (excludes halogenated alkanes) is 5. The summed E-state index contributed by atoms with van der Waals surface area (Å²) in [6.45, 7) is 6.03. The molecule has 0 amide bonds. The molecule has 0 heterocycles. The van der Waals surface area contributed by atoms with Crippen LogP contribution in [0.15, 0.2) is 43.0 Å². The van der Waals surface area contributed by atoms with Gasteiger partial charge in [0.2, 0.25) is 0 Å². The van der Waals surface area contributed by atoms with Crippen molar-refractivity contribution in [2.75, 3.05) is 0 Å². The Labute approximate surface area is 117 Å². The van der Waals surface area contributed by atoms with Gasteiger partial charge in [-0.05, 0) is 12.0 Å². The number of allylic oxidation sites excluding steroid dienone is 1. The lowest BCUT2D eigenvalue weighted by molar-refractivity contribution is -0.119. The fraction of sp³-hybridized carbons (Fsp3) is 0.500. The van der Waals surface area contributed by atoms with Crippen molar-refractivity contribution in [1.82, 2.24) is 0 Å². The van der Waals surface area contributed by atoms with Crippen LogP contribution in [-0.4, -0.2) is 5.78 Å². The van der Waals surface area contributed by atoms with E-state index < -0.39 is 0 Å². The number of Topliss-reactive ketones (excluding diaryl/α,β-unsaturated/α-hetero) is 1. The summed E-state index contributed by atoms with van der Waals surface area (Å²) in [7, 11) is 0. The maximum Gasteiger partial charge on any atom is 0.144 e. The van der Waals surface area contributed by atoms with Crippen LogP contribution in [-0.2, 0) is 4.79 Å². The summed E-state index contributed by atoms with van der Waals surface area (Å²) in [4.78, 5) is 12.2. The van der Waals surface area contributed by atoms with Gasteiger partial charge in [0.25, 0.3) is 0 Å². The van der Waals surface area contributed by atoms with Gasteiger partial charge in [0.1, 0.15) is 5.78 Å². The normalized spacial score (nSPS) is 12.1. The maximum atomic E-state index is 12.2. The lowest BCUT2D eigenvalue weighted by Gasteiger charge is -2.11. The quantitative estimate of drug-likeness (QED) is 0.412. The molecule has 1 atom stereocenters. The van der Waals surface area contributed by atoms with Crippen molar-refractivity contribution < 1.29 is 4.79 Å². The lowest BCUT2D eigenvalue weighted by atomic mass is 9.92. The van der Waals surface area contributed by atoms with Crippen molar-refractivity contribution in [3.63, 3.8) is 0 Å². The summed E-state index contributed by atoms with van der Waals surface area (Å²) in [5, 5.41) is 0. The Kier molecular flexibility index (Phi) is 7.88. The fourth-order valence-corrected chi connectivity index (χ4v) is 2.35. The largest absolute Gasteiger partial charge is 0.299 e. The molecule has 104 valence electrons. The summed E-state index contributed by atoms with van der Waals surface area (Å²) in [5.41, 5.74) is 1.06. The Bertz CT molecular complexity index is 367. The van der Waals surface area contributed by atoms with E-state index in [1.54, 1.807) is 6.08 Å². The van der Waals surface area contributed by atoms with Gasteiger partial charge in [-0.3, -0.25) is 4.79 Å². The van der Waals surface area contributed by atoms with E-state index in [2.05, 4.69) is 13.5 Å². The average molecular weight is 258 g/mol. The van der Waals surface area contributed by atoms with E-state index in [0.717, 1.165) is 12.0 Å². The number of hydrogen-bond donors (Lipinski definition) is 0. The monoisotopic (exact) mass is 258 g/mol. The predicted molar refractivity (Wildman–Crippen MR) is 82.4 cm³/mol. The molecule has 0 aliphatic carbocycles. The molecular weight excluding hydrogens is 232 g/mol. The van der Waals surface area contributed by atoms with Crippen molar-refractivity contribution >= 4 is 5.78 Å². The Balaban J connectivity index is 2.33. The highest BCUT2D eigenvalue weighted by atomic mass is 16.1. The molecule has 0 saturated heterocycles. The van der Waals surface area contributed by atoms with Gasteiger partial charge < -0.3 is 0 Å². The van der Waals surface area contributed by atoms with Crippen LogP contribution in [0.4, 0.5) is 0 Å². The first-order valence-corrected chi connectivity index (χ1v) is 7.49. The fourth-order valence-electron chi connectivity index (χ4n) is 2.35. The van der Waals surface area contributed by atoms with Crippen LogP contribution in [0.2, 0.25) is 0 Å².